The van der Waals surface area contributed by atoms with Gasteiger partial charge in [0.15, 0.2) is 0 Å². The Labute approximate surface area is 116 Å². The lowest BCUT2D eigenvalue weighted by molar-refractivity contribution is -0.120. The van der Waals surface area contributed by atoms with Crippen molar-refractivity contribution in [2.45, 2.75) is 26.2 Å². The summed E-state index contributed by atoms with van der Waals surface area (Å²) < 4.78 is 13.3. The normalized spacial score (nSPS) is 12.2. The molecule has 0 bridgehead atoms. The van der Waals surface area contributed by atoms with Crippen molar-refractivity contribution in [1.82, 2.24) is 5.32 Å². The van der Waals surface area contributed by atoms with E-state index in [1.54, 1.807) is 18.2 Å². The molecule has 1 N–H and O–H groups in total. The fourth-order valence-corrected chi connectivity index (χ4v) is 1.96. The maximum absolute atomic E-state index is 13.3. The van der Waals surface area contributed by atoms with Gasteiger partial charge in [-0.15, -0.1) is 0 Å². The van der Waals surface area contributed by atoms with Crippen LogP contribution in [0.1, 0.15) is 25.3 Å². The van der Waals surface area contributed by atoms with Gasteiger partial charge in [-0.2, -0.15) is 0 Å². The highest BCUT2D eigenvalue weighted by molar-refractivity contribution is 9.09. The van der Waals surface area contributed by atoms with Crippen LogP contribution in [0, 0.1) is 11.7 Å². The number of amides is 1. The predicted octanol–water partition coefficient (Wildman–Crippen LogP) is 3.30. The van der Waals surface area contributed by atoms with E-state index in [2.05, 4.69) is 28.2 Å². The molecule has 0 aliphatic heterocycles. The Morgan fingerprint density at radius 2 is 2.17 bits per heavy atom. The quantitative estimate of drug-likeness (QED) is 0.607. The molecular weight excluding hydrogens is 297 g/mol. The van der Waals surface area contributed by atoms with Gasteiger partial charge in [0, 0.05) is 11.9 Å². The lowest BCUT2D eigenvalue weighted by Gasteiger charge is -2.08. The van der Waals surface area contributed by atoms with Gasteiger partial charge in [0.25, 0.3) is 0 Å². The van der Waals surface area contributed by atoms with Crippen LogP contribution in [-0.2, 0) is 11.2 Å². The van der Waals surface area contributed by atoms with Gasteiger partial charge >= 0.3 is 0 Å². The summed E-state index contributed by atoms with van der Waals surface area (Å²) in [6.07, 6.45) is 2.14. The van der Waals surface area contributed by atoms with E-state index in [1.165, 1.54) is 6.07 Å². The molecule has 1 atom stereocenters. The Morgan fingerprint density at radius 1 is 1.44 bits per heavy atom. The van der Waals surface area contributed by atoms with Crippen LogP contribution in [0.4, 0.5) is 4.39 Å². The Kier molecular flexibility index (Phi) is 6.94. The minimum Gasteiger partial charge on any atom is -0.356 e. The molecule has 2 nitrogen and oxygen atoms in total. The van der Waals surface area contributed by atoms with Gasteiger partial charge in [0.05, 0.1) is 6.42 Å². The van der Waals surface area contributed by atoms with Crippen LogP contribution in [-0.4, -0.2) is 17.8 Å². The number of rotatable bonds is 7. The number of carbonyl (C=O) groups is 1. The first kappa shape index (κ1) is 15.2. The predicted molar refractivity (Wildman–Crippen MR) is 75.3 cm³/mol. The number of benzene rings is 1. The van der Waals surface area contributed by atoms with Crippen LogP contribution in [0.15, 0.2) is 24.3 Å². The van der Waals surface area contributed by atoms with Gasteiger partial charge in [-0.05, 0) is 30.4 Å². The van der Waals surface area contributed by atoms with Crippen molar-refractivity contribution in [2.75, 3.05) is 11.9 Å². The third-order valence-corrected chi connectivity index (χ3v) is 3.87. The molecule has 0 radical (unpaired) electrons. The zero-order valence-electron chi connectivity index (χ0n) is 10.6. The van der Waals surface area contributed by atoms with Crippen molar-refractivity contribution < 1.29 is 9.18 Å². The molecule has 0 aliphatic rings. The number of nitrogens with one attached hydrogen (secondary N) is 1. The van der Waals surface area contributed by atoms with Gasteiger partial charge in [0.2, 0.25) is 5.91 Å². The molecule has 0 aromatic heterocycles. The maximum Gasteiger partial charge on any atom is 0.224 e. The minimum atomic E-state index is -0.319. The summed E-state index contributed by atoms with van der Waals surface area (Å²) in [6.45, 7) is 2.82. The molecule has 1 aromatic carbocycles. The second kappa shape index (κ2) is 8.25. The first-order valence-electron chi connectivity index (χ1n) is 6.19. The molecule has 1 amide bonds. The van der Waals surface area contributed by atoms with Gasteiger partial charge in [-0.1, -0.05) is 41.1 Å². The average Bonchev–Trinajstić information content (AvgIpc) is 2.37. The van der Waals surface area contributed by atoms with E-state index >= 15 is 0 Å². The molecule has 0 spiro atoms. The summed E-state index contributed by atoms with van der Waals surface area (Å²) in [5.41, 5.74) is 0.448. The SMILES string of the molecule is CC(CBr)CCCNC(=O)Cc1ccccc1F. The van der Waals surface area contributed by atoms with E-state index < -0.39 is 0 Å². The summed E-state index contributed by atoms with van der Waals surface area (Å²) >= 11 is 3.42. The number of alkyl halides is 1. The number of halogens is 2. The summed E-state index contributed by atoms with van der Waals surface area (Å²) in [7, 11) is 0. The maximum atomic E-state index is 13.3. The highest BCUT2D eigenvalue weighted by Gasteiger charge is 2.07. The summed E-state index contributed by atoms with van der Waals surface area (Å²) in [5.74, 6) is 0.181. The Bertz CT molecular complexity index is 384. The lowest BCUT2D eigenvalue weighted by Crippen LogP contribution is -2.26. The summed E-state index contributed by atoms with van der Waals surface area (Å²) in [4.78, 5) is 11.6. The molecule has 18 heavy (non-hydrogen) atoms. The van der Waals surface area contributed by atoms with Crippen molar-refractivity contribution in [2.24, 2.45) is 5.92 Å². The highest BCUT2D eigenvalue weighted by atomic mass is 79.9. The molecule has 0 saturated heterocycles. The van der Waals surface area contributed by atoms with Gasteiger partial charge in [0.1, 0.15) is 5.82 Å². The van der Waals surface area contributed by atoms with Crippen molar-refractivity contribution in [1.29, 1.82) is 0 Å². The van der Waals surface area contributed by atoms with E-state index in [9.17, 15) is 9.18 Å². The van der Waals surface area contributed by atoms with Crippen LogP contribution < -0.4 is 5.32 Å². The largest absolute Gasteiger partial charge is 0.356 e. The second-order valence-corrected chi connectivity index (χ2v) is 5.17. The molecule has 1 rings (SSSR count). The highest BCUT2D eigenvalue weighted by Crippen LogP contribution is 2.08. The molecule has 100 valence electrons. The fraction of sp³-hybridized carbons (Fsp3) is 0.500. The Hall–Kier alpha value is -0.900. The summed E-state index contributed by atoms with van der Waals surface area (Å²) in [6, 6.07) is 6.38. The van der Waals surface area contributed by atoms with Crippen LogP contribution in [0.5, 0.6) is 0 Å². The van der Waals surface area contributed by atoms with Crippen molar-refractivity contribution in [3.8, 4) is 0 Å². The molecule has 1 aromatic rings. The molecule has 0 heterocycles. The molecule has 0 aliphatic carbocycles. The van der Waals surface area contributed by atoms with Gasteiger partial charge < -0.3 is 5.32 Å². The average molecular weight is 316 g/mol. The number of carbonyl (C=O) groups excluding carboxylic acids is 1. The molecule has 1 unspecified atom stereocenters. The van der Waals surface area contributed by atoms with Crippen molar-refractivity contribution in [3.05, 3.63) is 35.6 Å². The van der Waals surface area contributed by atoms with Crippen molar-refractivity contribution >= 4 is 21.8 Å². The Balaban J connectivity index is 2.24. The lowest BCUT2D eigenvalue weighted by atomic mass is 10.1. The number of hydrogen-bond donors (Lipinski definition) is 1. The van der Waals surface area contributed by atoms with Crippen LogP contribution >= 0.6 is 15.9 Å². The van der Waals surface area contributed by atoms with Crippen LogP contribution in [0.2, 0.25) is 0 Å². The second-order valence-electron chi connectivity index (χ2n) is 4.52. The van der Waals surface area contributed by atoms with Gasteiger partial charge in [-0.25, -0.2) is 4.39 Å². The fourth-order valence-electron chi connectivity index (χ4n) is 1.63. The van der Waals surface area contributed by atoms with E-state index in [0.29, 0.717) is 18.0 Å². The summed E-state index contributed by atoms with van der Waals surface area (Å²) in [5, 5.41) is 3.80. The minimum absolute atomic E-state index is 0.112. The third-order valence-electron chi connectivity index (χ3n) is 2.77. The topological polar surface area (TPSA) is 29.1 Å². The standard InChI is InChI=1S/C14H19BrFNO/c1-11(10-15)5-4-8-17-14(18)9-12-6-2-3-7-13(12)16/h2-3,6-7,11H,4-5,8-10H2,1H3,(H,17,18). The molecule has 0 fully saturated rings. The molecule has 4 heteroatoms. The first-order chi connectivity index (χ1) is 8.63. The van der Waals surface area contributed by atoms with E-state index in [4.69, 9.17) is 0 Å². The zero-order chi connectivity index (χ0) is 13.4. The smallest absolute Gasteiger partial charge is 0.224 e. The van der Waals surface area contributed by atoms with E-state index in [0.717, 1.165) is 18.2 Å². The van der Waals surface area contributed by atoms with Crippen LogP contribution in [0.25, 0.3) is 0 Å². The Morgan fingerprint density at radius 3 is 2.83 bits per heavy atom. The van der Waals surface area contributed by atoms with E-state index in [1.807, 2.05) is 0 Å². The zero-order valence-corrected chi connectivity index (χ0v) is 12.2. The van der Waals surface area contributed by atoms with Gasteiger partial charge in [-0.3, -0.25) is 4.79 Å². The van der Waals surface area contributed by atoms with Crippen molar-refractivity contribution in [3.63, 3.8) is 0 Å². The molecule has 0 saturated carbocycles. The van der Waals surface area contributed by atoms with E-state index in [-0.39, 0.29) is 18.1 Å². The monoisotopic (exact) mass is 315 g/mol. The van der Waals surface area contributed by atoms with Crippen LogP contribution in [0.3, 0.4) is 0 Å². The number of hydrogen-bond acceptors (Lipinski definition) is 1. The first-order valence-corrected chi connectivity index (χ1v) is 7.31. The molecular formula is C14H19BrFNO. The third kappa shape index (κ3) is 5.63.